The second-order valence-corrected chi connectivity index (χ2v) is 7.40. The molecule has 0 saturated heterocycles. The Balaban J connectivity index is 2.10. The molecule has 2 aromatic heterocycles. The van der Waals surface area contributed by atoms with Gasteiger partial charge in [0.2, 0.25) is 0 Å². The largest absolute Gasteiger partial charge is 0.297 e. The number of hydrogen-bond acceptors (Lipinski definition) is 4. The second kappa shape index (κ2) is 4.73. The van der Waals surface area contributed by atoms with E-state index in [1.807, 2.05) is 6.07 Å². The Morgan fingerprint density at radius 1 is 1.27 bits per heavy atom. The lowest BCUT2D eigenvalue weighted by atomic mass is 10.4. The highest BCUT2D eigenvalue weighted by atomic mass is 79.9. The number of halogens is 2. The number of carbonyl (C=O) groups excluding carboxylic acids is 1. The van der Waals surface area contributed by atoms with E-state index in [4.69, 9.17) is 0 Å². The number of nitrogens with zero attached hydrogens (tertiary/aromatic N) is 1. The van der Waals surface area contributed by atoms with Gasteiger partial charge in [0.1, 0.15) is 0 Å². The summed E-state index contributed by atoms with van der Waals surface area (Å²) >= 11 is 9.37. The molecule has 78 valence electrons. The number of rotatable bonds is 2. The average Bonchev–Trinajstić information content (AvgIpc) is 2.75. The van der Waals surface area contributed by atoms with Crippen LogP contribution in [0, 0.1) is 0 Å². The Labute approximate surface area is 111 Å². The molecule has 0 aliphatic rings. The summed E-state index contributed by atoms with van der Waals surface area (Å²) in [6.07, 6.45) is 1.66. The first kappa shape index (κ1) is 11.3. The molecule has 0 atom stereocenters. The summed E-state index contributed by atoms with van der Waals surface area (Å²) in [6, 6.07) is 3.62. The molecule has 2 heterocycles. The van der Waals surface area contributed by atoms with Crippen molar-refractivity contribution < 1.29 is 4.79 Å². The van der Waals surface area contributed by atoms with Crippen LogP contribution in [0.2, 0.25) is 0 Å². The van der Waals surface area contributed by atoms with E-state index in [9.17, 15) is 4.79 Å². The summed E-state index contributed by atoms with van der Waals surface area (Å²) in [6.45, 7) is 0. The molecule has 2 aromatic rings. The van der Waals surface area contributed by atoms with E-state index in [1.54, 1.807) is 12.3 Å². The third-order valence-electron chi connectivity index (χ3n) is 1.49. The monoisotopic (exact) mass is 366 g/mol. The highest BCUT2D eigenvalue weighted by Gasteiger charge is 2.10. The van der Waals surface area contributed by atoms with Gasteiger partial charge in [-0.15, -0.1) is 11.3 Å². The number of thiophene rings is 1. The number of thiazole rings is 1. The molecule has 1 N–H and O–H groups in total. The highest BCUT2D eigenvalue weighted by Crippen LogP contribution is 2.26. The van der Waals surface area contributed by atoms with Gasteiger partial charge in [-0.3, -0.25) is 10.1 Å². The summed E-state index contributed by atoms with van der Waals surface area (Å²) < 4.78 is 1.83. The van der Waals surface area contributed by atoms with Gasteiger partial charge in [0.15, 0.2) is 5.13 Å². The van der Waals surface area contributed by atoms with E-state index in [-0.39, 0.29) is 5.91 Å². The first-order chi connectivity index (χ1) is 7.15. The lowest BCUT2D eigenvalue weighted by Gasteiger charge is -1.96. The van der Waals surface area contributed by atoms with Crippen molar-refractivity contribution >= 4 is 65.6 Å². The molecule has 0 aliphatic carbocycles. The molecule has 7 heteroatoms. The van der Waals surface area contributed by atoms with Crippen molar-refractivity contribution in [2.45, 2.75) is 0 Å². The Morgan fingerprint density at radius 2 is 2.07 bits per heavy atom. The quantitative estimate of drug-likeness (QED) is 0.872. The third kappa shape index (κ3) is 2.87. The molecule has 0 unspecified atom stereocenters. The number of nitrogens with one attached hydrogen (secondary N) is 1. The second-order valence-electron chi connectivity index (χ2n) is 2.53. The number of carbonyl (C=O) groups is 1. The van der Waals surface area contributed by atoms with Crippen molar-refractivity contribution in [2.75, 3.05) is 5.32 Å². The zero-order chi connectivity index (χ0) is 10.8. The van der Waals surface area contributed by atoms with Crippen LogP contribution in [0.25, 0.3) is 0 Å². The van der Waals surface area contributed by atoms with Crippen LogP contribution in [-0.4, -0.2) is 10.9 Å². The topological polar surface area (TPSA) is 42.0 Å². The molecule has 3 nitrogen and oxygen atoms in total. The average molecular weight is 368 g/mol. The van der Waals surface area contributed by atoms with E-state index in [1.165, 1.54) is 22.7 Å². The van der Waals surface area contributed by atoms with E-state index < -0.39 is 0 Å². The maximum atomic E-state index is 11.7. The fourth-order valence-corrected chi connectivity index (χ4v) is 3.29. The van der Waals surface area contributed by atoms with Gasteiger partial charge in [0.05, 0.1) is 18.6 Å². The molecule has 0 aliphatic heterocycles. The van der Waals surface area contributed by atoms with Crippen LogP contribution in [0.4, 0.5) is 5.13 Å². The van der Waals surface area contributed by atoms with Gasteiger partial charge >= 0.3 is 0 Å². The van der Waals surface area contributed by atoms with Gasteiger partial charge in [0, 0.05) is 0 Å². The van der Waals surface area contributed by atoms with Crippen LogP contribution in [0.3, 0.4) is 0 Å². The van der Waals surface area contributed by atoms with Gasteiger partial charge in [-0.2, -0.15) is 0 Å². The van der Waals surface area contributed by atoms with Gasteiger partial charge in [-0.05, 0) is 44.0 Å². The molecular weight excluding hydrogens is 364 g/mol. The fourth-order valence-electron chi connectivity index (χ4n) is 0.907. The normalized spacial score (nSPS) is 10.3. The fraction of sp³-hybridized carbons (Fsp3) is 0. The van der Waals surface area contributed by atoms with Gasteiger partial charge in [-0.25, -0.2) is 4.98 Å². The first-order valence-electron chi connectivity index (χ1n) is 3.83. The zero-order valence-corrected chi connectivity index (χ0v) is 12.0. The van der Waals surface area contributed by atoms with E-state index in [0.717, 1.165) is 7.57 Å². The minimum absolute atomic E-state index is 0.132. The van der Waals surface area contributed by atoms with Gasteiger partial charge in [0.25, 0.3) is 5.91 Å². The van der Waals surface area contributed by atoms with Crippen molar-refractivity contribution in [2.24, 2.45) is 0 Å². The predicted molar refractivity (Wildman–Crippen MR) is 69.8 cm³/mol. The maximum Gasteiger partial charge on any atom is 0.267 e. The molecule has 0 bridgehead atoms. The molecule has 2 rings (SSSR count). The lowest BCUT2D eigenvalue weighted by Crippen LogP contribution is -2.09. The summed E-state index contributed by atoms with van der Waals surface area (Å²) in [5.74, 6) is -0.132. The summed E-state index contributed by atoms with van der Waals surface area (Å²) in [4.78, 5) is 16.3. The summed E-state index contributed by atoms with van der Waals surface area (Å²) in [7, 11) is 0. The van der Waals surface area contributed by atoms with Crippen LogP contribution in [0.15, 0.2) is 25.9 Å². The molecule has 15 heavy (non-hydrogen) atoms. The predicted octanol–water partition coefficient (Wildman–Crippen LogP) is 3.98. The van der Waals surface area contributed by atoms with Crippen LogP contribution >= 0.6 is 54.5 Å². The van der Waals surface area contributed by atoms with E-state index in [0.29, 0.717) is 10.0 Å². The van der Waals surface area contributed by atoms with E-state index in [2.05, 4.69) is 42.2 Å². The standard InChI is InChI=1S/C8H4Br2N2OS2/c9-5-2-1-4(14-5)7(13)12-8-11-3-6(10)15-8/h1-3H,(H,11,12,13). The molecular formula is C8H4Br2N2OS2. The highest BCUT2D eigenvalue weighted by molar-refractivity contribution is 9.11. The SMILES string of the molecule is O=C(Nc1ncc(Br)s1)c1ccc(Br)s1. The van der Waals surface area contributed by atoms with Crippen molar-refractivity contribution in [1.29, 1.82) is 0 Å². The summed E-state index contributed by atoms with van der Waals surface area (Å²) in [5.41, 5.74) is 0. The minimum Gasteiger partial charge on any atom is -0.297 e. The number of anilines is 1. The molecule has 0 saturated carbocycles. The number of aromatic nitrogens is 1. The Morgan fingerprint density at radius 3 is 2.60 bits per heavy atom. The van der Waals surface area contributed by atoms with Gasteiger partial charge < -0.3 is 0 Å². The van der Waals surface area contributed by atoms with Crippen molar-refractivity contribution in [3.8, 4) is 0 Å². The third-order valence-corrected chi connectivity index (χ3v) is 4.51. The van der Waals surface area contributed by atoms with Crippen LogP contribution < -0.4 is 5.32 Å². The van der Waals surface area contributed by atoms with Crippen molar-refractivity contribution in [3.05, 3.63) is 30.8 Å². The first-order valence-corrected chi connectivity index (χ1v) is 7.05. The summed E-state index contributed by atoms with van der Waals surface area (Å²) in [5, 5.41) is 3.31. The van der Waals surface area contributed by atoms with Crippen molar-refractivity contribution in [3.63, 3.8) is 0 Å². The Kier molecular flexibility index (Phi) is 3.55. The smallest absolute Gasteiger partial charge is 0.267 e. The molecule has 1 amide bonds. The molecule has 0 radical (unpaired) electrons. The number of amides is 1. The molecule has 0 aromatic carbocycles. The molecule has 0 spiro atoms. The lowest BCUT2D eigenvalue weighted by molar-refractivity contribution is 0.103. The maximum absolute atomic E-state index is 11.7. The van der Waals surface area contributed by atoms with Crippen LogP contribution in [0.1, 0.15) is 9.67 Å². The molecule has 0 fully saturated rings. The number of hydrogen-bond donors (Lipinski definition) is 1. The Bertz CT molecular complexity index is 494. The van der Waals surface area contributed by atoms with E-state index >= 15 is 0 Å². The zero-order valence-electron chi connectivity index (χ0n) is 7.16. The van der Waals surface area contributed by atoms with Gasteiger partial charge in [-0.1, -0.05) is 11.3 Å². The van der Waals surface area contributed by atoms with Crippen molar-refractivity contribution in [1.82, 2.24) is 4.98 Å². The van der Waals surface area contributed by atoms with Crippen LogP contribution in [-0.2, 0) is 0 Å². The minimum atomic E-state index is -0.132. The Hall–Kier alpha value is -0.240. The van der Waals surface area contributed by atoms with Crippen LogP contribution in [0.5, 0.6) is 0 Å².